The molecule has 0 aliphatic heterocycles. The van der Waals surface area contributed by atoms with E-state index < -0.39 is 10.8 Å². The molecule has 0 bridgehead atoms. The van der Waals surface area contributed by atoms with Crippen LogP contribution in [0.1, 0.15) is 6.92 Å². The van der Waals surface area contributed by atoms with Crippen molar-refractivity contribution in [1.82, 2.24) is 20.2 Å². The van der Waals surface area contributed by atoms with E-state index in [0.29, 0.717) is 18.0 Å². The number of halogens is 1. The lowest BCUT2D eigenvalue weighted by Gasteiger charge is -2.10. The molecule has 92 valence electrons. The predicted molar refractivity (Wildman–Crippen MR) is 68.7 cm³/mol. The summed E-state index contributed by atoms with van der Waals surface area (Å²) in [6, 6.07) is 0. The Kier molecular flexibility index (Phi) is 3.58. The van der Waals surface area contributed by atoms with Gasteiger partial charge in [-0.15, -0.1) is 0 Å². The van der Waals surface area contributed by atoms with Gasteiger partial charge in [0.25, 0.3) is 0 Å². The fraction of sp³-hybridized carbons (Fsp3) is 0.444. The summed E-state index contributed by atoms with van der Waals surface area (Å²) in [4.78, 5) is 8.08. The van der Waals surface area contributed by atoms with Gasteiger partial charge in [0.15, 0.2) is 5.65 Å². The number of nitrogens with zero attached hydrogens (tertiary/aromatic N) is 3. The molecule has 2 unspecified atom stereocenters. The normalized spacial score (nSPS) is 14.8. The number of anilines is 1. The van der Waals surface area contributed by atoms with Crippen molar-refractivity contribution in [3.63, 3.8) is 0 Å². The average molecular weight is 274 g/mol. The molecule has 0 aliphatic carbocycles. The van der Waals surface area contributed by atoms with Crippen LogP contribution in [-0.4, -0.2) is 42.4 Å². The highest BCUT2D eigenvalue weighted by Gasteiger charge is 2.11. The minimum Gasteiger partial charge on any atom is -0.368 e. The lowest BCUT2D eigenvalue weighted by Crippen LogP contribution is -2.21. The molecule has 8 heteroatoms. The molecule has 0 radical (unpaired) electrons. The predicted octanol–water partition coefficient (Wildman–Crippen LogP) is 1.19. The first-order valence-electron chi connectivity index (χ1n) is 5.00. The van der Waals surface area contributed by atoms with E-state index in [1.165, 1.54) is 0 Å². The molecule has 2 aromatic rings. The van der Waals surface area contributed by atoms with Crippen LogP contribution in [0, 0.1) is 0 Å². The quantitative estimate of drug-likeness (QED) is 0.818. The van der Waals surface area contributed by atoms with Crippen molar-refractivity contribution in [2.45, 2.75) is 12.2 Å². The Morgan fingerprint density at radius 2 is 2.35 bits per heavy atom. The Labute approximate surface area is 106 Å². The van der Waals surface area contributed by atoms with Gasteiger partial charge in [0, 0.05) is 28.9 Å². The summed E-state index contributed by atoms with van der Waals surface area (Å²) in [5.74, 6) is 0.603. The first kappa shape index (κ1) is 12.3. The van der Waals surface area contributed by atoms with Crippen LogP contribution in [0.2, 0.25) is 5.28 Å². The molecule has 2 heterocycles. The average Bonchev–Trinajstić information content (AvgIpc) is 2.72. The van der Waals surface area contributed by atoms with Gasteiger partial charge in [-0.2, -0.15) is 15.1 Å². The number of fused-ring (bicyclic) bond motifs is 1. The largest absolute Gasteiger partial charge is 0.368 e. The lowest BCUT2D eigenvalue weighted by molar-refractivity contribution is 0.679. The Bertz CT molecular complexity index is 557. The smallest absolute Gasteiger partial charge is 0.226 e. The van der Waals surface area contributed by atoms with E-state index in [0.717, 1.165) is 5.39 Å². The van der Waals surface area contributed by atoms with Crippen molar-refractivity contribution in [3.8, 4) is 0 Å². The van der Waals surface area contributed by atoms with E-state index in [-0.39, 0.29) is 10.5 Å². The molecular formula is C9H12ClN5OS. The molecule has 2 rings (SSSR count). The molecule has 0 aromatic carbocycles. The molecule has 0 saturated heterocycles. The Hall–Kier alpha value is -1.21. The van der Waals surface area contributed by atoms with Crippen LogP contribution in [0.5, 0.6) is 0 Å². The van der Waals surface area contributed by atoms with Gasteiger partial charge in [-0.3, -0.25) is 9.31 Å². The number of hydrogen-bond acceptors (Lipinski definition) is 5. The maximum atomic E-state index is 11.2. The second-order valence-electron chi connectivity index (χ2n) is 3.66. The van der Waals surface area contributed by atoms with Crippen LogP contribution in [-0.2, 0) is 10.8 Å². The molecule has 0 saturated carbocycles. The van der Waals surface area contributed by atoms with Gasteiger partial charge in [-0.05, 0) is 18.5 Å². The summed E-state index contributed by atoms with van der Waals surface area (Å²) in [7, 11) is -0.876. The van der Waals surface area contributed by atoms with E-state index in [1.54, 1.807) is 12.5 Å². The molecule has 6 nitrogen and oxygen atoms in total. The molecule has 2 aromatic heterocycles. The molecule has 0 fully saturated rings. The molecule has 2 N–H and O–H groups in total. The minimum atomic E-state index is -0.876. The maximum Gasteiger partial charge on any atom is 0.226 e. The monoisotopic (exact) mass is 273 g/mol. The first-order chi connectivity index (χ1) is 8.08. The SMILES string of the molecule is CC(CNc1nc(Cl)nc2[nH]ncc12)S(C)=O. The van der Waals surface area contributed by atoms with E-state index in [2.05, 4.69) is 25.5 Å². The van der Waals surface area contributed by atoms with Crippen molar-refractivity contribution in [3.05, 3.63) is 11.5 Å². The summed E-state index contributed by atoms with van der Waals surface area (Å²) in [5.41, 5.74) is 0.581. The Balaban J connectivity index is 2.23. The highest BCUT2D eigenvalue weighted by molar-refractivity contribution is 7.84. The van der Waals surface area contributed by atoms with E-state index in [1.807, 2.05) is 6.92 Å². The third-order valence-corrected chi connectivity index (χ3v) is 3.88. The van der Waals surface area contributed by atoms with Crippen LogP contribution in [0.15, 0.2) is 6.20 Å². The Morgan fingerprint density at radius 3 is 3.06 bits per heavy atom. The van der Waals surface area contributed by atoms with Crippen molar-refractivity contribution >= 4 is 39.3 Å². The van der Waals surface area contributed by atoms with Crippen molar-refractivity contribution < 1.29 is 4.21 Å². The molecular weight excluding hydrogens is 262 g/mol. The molecule has 0 spiro atoms. The van der Waals surface area contributed by atoms with Crippen LogP contribution < -0.4 is 5.32 Å². The zero-order valence-electron chi connectivity index (χ0n) is 9.40. The fourth-order valence-corrected chi connectivity index (χ4v) is 1.79. The fourth-order valence-electron chi connectivity index (χ4n) is 1.30. The van der Waals surface area contributed by atoms with Crippen molar-refractivity contribution in [2.24, 2.45) is 0 Å². The number of aromatic nitrogens is 4. The molecule has 0 aliphatic rings. The number of H-pyrrole nitrogens is 1. The van der Waals surface area contributed by atoms with Gasteiger partial charge >= 0.3 is 0 Å². The van der Waals surface area contributed by atoms with Gasteiger partial charge in [0.2, 0.25) is 5.28 Å². The number of aromatic amines is 1. The highest BCUT2D eigenvalue weighted by atomic mass is 35.5. The zero-order chi connectivity index (χ0) is 12.4. The summed E-state index contributed by atoms with van der Waals surface area (Å²) < 4.78 is 11.2. The summed E-state index contributed by atoms with van der Waals surface area (Å²) >= 11 is 5.79. The van der Waals surface area contributed by atoms with Crippen molar-refractivity contribution in [2.75, 3.05) is 18.1 Å². The zero-order valence-corrected chi connectivity index (χ0v) is 11.0. The van der Waals surface area contributed by atoms with Crippen LogP contribution >= 0.6 is 11.6 Å². The standard InChI is InChI=1S/C9H12ClN5OS/c1-5(17(2)16)3-11-7-6-4-12-15-8(6)14-9(10)13-7/h4-5H,3H2,1-2H3,(H2,11,12,13,14,15). The Morgan fingerprint density at radius 1 is 1.59 bits per heavy atom. The van der Waals surface area contributed by atoms with Crippen LogP contribution in [0.4, 0.5) is 5.82 Å². The second-order valence-corrected chi connectivity index (χ2v) is 5.80. The molecule has 0 amide bonds. The van der Waals surface area contributed by atoms with E-state index in [9.17, 15) is 4.21 Å². The minimum absolute atomic E-state index is 0.0330. The molecule has 17 heavy (non-hydrogen) atoms. The maximum absolute atomic E-state index is 11.2. The van der Waals surface area contributed by atoms with E-state index in [4.69, 9.17) is 11.6 Å². The number of rotatable bonds is 4. The second kappa shape index (κ2) is 4.97. The lowest BCUT2D eigenvalue weighted by atomic mass is 10.4. The van der Waals surface area contributed by atoms with Crippen LogP contribution in [0.3, 0.4) is 0 Å². The third-order valence-electron chi connectivity index (χ3n) is 2.41. The van der Waals surface area contributed by atoms with Gasteiger partial charge in [-0.25, -0.2) is 0 Å². The van der Waals surface area contributed by atoms with Crippen molar-refractivity contribution in [1.29, 1.82) is 0 Å². The van der Waals surface area contributed by atoms with Gasteiger partial charge in [-0.1, -0.05) is 0 Å². The first-order valence-corrected chi connectivity index (χ1v) is 7.00. The van der Waals surface area contributed by atoms with Gasteiger partial charge < -0.3 is 5.32 Å². The highest BCUT2D eigenvalue weighted by Crippen LogP contribution is 2.19. The number of nitrogens with one attached hydrogen (secondary N) is 2. The van der Waals surface area contributed by atoms with Gasteiger partial charge in [0.05, 0.1) is 11.6 Å². The summed E-state index contributed by atoms with van der Waals surface area (Å²) in [6.45, 7) is 2.45. The summed E-state index contributed by atoms with van der Waals surface area (Å²) in [6.07, 6.45) is 3.30. The summed E-state index contributed by atoms with van der Waals surface area (Å²) in [5, 5.41) is 10.7. The molecule has 2 atom stereocenters. The van der Waals surface area contributed by atoms with Crippen LogP contribution in [0.25, 0.3) is 11.0 Å². The number of hydrogen-bond donors (Lipinski definition) is 2. The van der Waals surface area contributed by atoms with Gasteiger partial charge in [0.1, 0.15) is 5.82 Å². The topological polar surface area (TPSA) is 83.6 Å². The third kappa shape index (κ3) is 2.73. The van der Waals surface area contributed by atoms with E-state index >= 15 is 0 Å².